The number of amides is 1. The van der Waals surface area contributed by atoms with E-state index in [9.17, 15) is 4.79 Å². The number of ether oxygens (including phenoxy) is 2. The Morgan fingerprint density at radius 1 is 1.00 bits per heavy atom. The Hall–Kier alpha value is -2.69. The lowest BCUT2D eigenvalue weighted by Crippen LogP contribution is -2.26. The van der Waals surface area contributed by atoms with Crippen LogP contribution < -0.4 is 14.8 Å². The average Bonchev–Trinajstić information content (AvgIpc) is 2.46. The molecule has 0 aromatic heterocycles. The highest BCUT2D eigenvalue weighted by molar-refractivity contribution is 5.64. The number of nitrogens with one attached hydrogen (secondary N) is 1. The van der Waals surface area contributed by atoms with E-state index in [1.54, 1.807) is 12.1 Å². The summed E-state index contributed by atoms with van der Waals surface area (Å²) in [6, 6.07) is 16.6. The Balaban J connectivity index is 1.97. The molecule has 0 radical (unpaired) electrons. The van der Waals surface area contributed by atoms with Crippen molar-refractivity contribution >= 4 is 6.09 Å². The van der Waals surface area contributed by atoms with Crippen molar-refractivity contribution in [3.05, 3.63) is 54.6 Å². The smallest absolute Gasteiger partial charge is 0.404 e. The summed E-state index contributed by atoms with van der Waals surface area (Å²) in [4.78, 5) is 10.3. The summed E-state index contributed by atoms with van der Waals surface area (Å²) in [5.41, 5.74) is 0. The first kappa shape index (κ1) is 13.7. The fourth-order valence-electron chi connectivity index (χ4n) is 1.59. The largest absolute Gasteiger partial charge is 0.488 e. The molecule has 0 aliphatic rings. The lowest BCUT2D eigenvalue weighted by atomic mass is 10.3. The molecule has 2 rings (SSSR count). The zero-order chi connectivity index (χ0) is 14.2. The minimum Gasteiger partial charge on any atom is -0.488 e. The van der Waals surface area contributed by atoms with Gasteiger partial charge in [-0.2, -0.15) is 0 Å². The Morgan fingerprint density at radius 3 is 2.35 bits per heavy atom. The molecule has 0 atom stereocenters. The van der Waals surface area contributed by atoms with Crippen LogP contribution in [-0.2, 0) is 0 Å². The van der Waals surface area contributed by atoms with E-state index in [1.165, 1.54) is 0 Å². The molecule has 0 fully saturated rings. The van der Waals surface area contributed by atoms with Gasteiger partial charge in [-0.05, 0) is 24.3 Å². The number of hydrogen-bond acceptors (Lipinski definition) is 3. The van der Waals surface area contributed by atoms with Crippen LogP contribution in [0.3, 0.4) is 0 Å². The van der Waals surface area contributed by atoms with Crippen molar-refractivity contribution in [3.63, 3.8) is 0 Å². The van der Waals surface area contributed by atoms with Crippen molar-refractivity contribution in [1.29, 1.82) is 0 Å². The van der Waals surface area contributed by atoms with Gasteiger partial charge < -0.3 is 19.9 Å². The van der Waals surface area contributed by atoms with E-state index in [1.807, 2.05) is 42.5 Å². The molecule has 104 valence electrons. The fourth-order valence-corrected chi connectivity index (χ4v) is 1.59. The summed E-state index contributed by atoms with van der Waals surface area (Å²) < 4.78 is 11.2. The number of para-hydroxylation sites is 3. The van der Waals surface area contributed by atoms with E-state index in [0.717, 1.165) is 0 Å². The lowest BCUT2D eigenvalue weighted by Gasteiger charge is -2.12. The van der Waals surface area contributed by atoms with Crippen LogP contribution in [0.2, 0.25) is 0 Å². The minimum atomic E-state index is -1.07. The van der Waals surface area contributed by atoms with Gasteiger partial charge in [-0.3, -0.25) is 0 Å². The van der Waals surface area contributed by atoms with E-state index in [2.05, 4.69) is 5.32 Å². The standard InChI is InChI=1S/C15H15NO4/c17-15(18)16-10-11-19-13-8-4-5-9-14(13)20-12-6-2-1-3-7-12/h1-9,16H,10-11H2,(H,17,18). The second-order valence-corrected chi connectivity index (χ2v) is 3.94. The van der Waals surface area contributed by atoms with Gasteiger partial charge >= 0.3 is 6.09 Å². The van der Waals surface area contributed by atoms with Gasteiger partial charge in [0.25, 0.3) is 0 Å². The van der Waals surface area contributed by atoms with Gasteiger partial charge in [-0.1, -0.05) is 30.3 Å². The Kier molecular flexibility index (Phi) is 4.83. The van der Waals surface area contributed by atoms with Crippen LogP contribution >= 0.6 is 0 Å². The predicted molar refractivity (Wildman–Crippen MR) is 74.5 cm³/mol. The van der Waals surface area contributed by atoms with E-state index in [0.29, 0.717) is 17.2 Å². The highest BCUT2D eigenvalue weighted by atomic mass is 16.5. The summed E-state index contributed by atoms with van der Waals surface area (Å²) in [5, 5.41) is 10.7. The zero-order valence-electron chi connectivity index (χ0n) is 10.8. The van der Waals surface area contributed by atoms with Gasteiger partial charge in [0.05, 0.1) is 6.54 Å². The molecule has 5 heteroatoms. The lowest BCUT2D eigenvalue weighted by molar-refractivity contribution is 0.191. The first-order chi connectivity index (χ1) is 9.75. The number of benzene rings is 2. The first-order valence-corrected chi connectivity index (χ1v) is 6.17. The normalized spacial score (nSPS) is 9.80. The van der Waals surface area contributed by atoms with E-state index < -0.39 is 6.09 Å². The van der Waals surface area contributed by atoms with Gasteiger partial charge in [0.2, 0.25) is 0 Å². The highest BCUT2D eigenvalue weighted by Gasteiger charge is 2.05. The number of carbonyl (C=O) groups is 1. The summed E-state index contributed by atoms with van der Waals surface area (Å²) in [7, 11) is 0. The molecular weight excluding hydrogens is 258 g/mol. The second-order valence-electron chi connectivity index (χ2n) is 3.94. The molecular formula is C15H15NO4. The molecule has 0 saturated heterocycles. The van der Waals surface area contributed by atoms with Crippen LogP contribution in [-0.4, -0.2) is 24.4 Å². The first-order valence-electron chi connectivity index (χ1n) is 6.17. The molecule has 0 aliphatic heterocycles. The number of carboxylic acid groups (broad SMARTS) is 1. The van der Waals surface area contributed by atoms with Crippen LogP contribution in [0.5, 0.6) is 17.2 Å². The second kappa shape index (κ2) is 7.04. The van der Waals surface area contributed by atoms with Crippen molar-refractivity contribution in [1.82, 2.24) is 5.32 Å². The van der Waals surface area contributed by atoms with Gasteiger partial charge in [-0.25, -0.2) is 4.79 Å². The molecule has 20 heavy (non-hydrogen) atoms. The monoisotopic (exact) mass is 273 g/mol. The summed E-state index contributed by atoms with van der Waals surface area (Å²) in [6.45, 7) is 0.455. The van der Waals surface area contributed by atoms with E-state index >= 15 is 0 Å². The van der Waals surface area contributed by atoms with Gasteiger partial charge in [0, 0.05) is 0 Å². The van der Waals surface area contributed by atoms with Crippen LogP contribution in [0.4, 0.5) is 4.79 Å². The molecule has 2 aromatic rings. The summed E-state index contributed by atoms with van der Waals surface area (Å²) in [5.74, 6) is 1.88. The van der Waals surface area contributed by atoms with Gasteiger partial charge in [0.1, 0.15) is 12.4 Å². The van der Waals surface area contributed by atoms with Crippen molar-refractivity contribution in [2.75, 3.05) is 13.2 Å². The van der Waals surface area contributed by atoms with Crippen LogP contribution in [0.15, 0.2) is 54.6 Å². The SMILES string of the molecule is O=C(O)NCCOc1ccccc1Oc1ccccc1. The molecule has 2 aromatic carbocycles. The molecule has 0 saturated carbocycles. The van der Waals surface area contributed by atoms with Gasteiger partial charge in [-0.15, -0.1) is 0 Å². The summed E-state index contributed by atoms with van der Waals surface area (Å²) in [6.07, 6.45) is -1.07. The number of hydrogen-bond donors (Lipinski definition) is 2. The third-order valence-corrected chi connectivity index (χ3v) is 2.46. The van der Waals surface area contributed by atoms with Gasteiger partial charge in [0.15, 0.2) is 11.5 Å². The highest BCUT2D eigenvalue weighted by Crippen LogP contribution is 2.30. The number of rotatable bonds is 6. The molecule has 1 amide bonds. The van der Waals surface area contributed by atoms with E-state index in [-0.39, 0.29) is 13.2 Å². The van der Waals surface area contributed by atoms with Crippen molar-refractivity contribution in [3.8, 4) is 17.2 Å². The zero-order valence-corrected chi connectivity index (χ0v) is 10.8. The van der Waals surface area contributed by atoms with Crippen molar-refractivity contribution in [2.45, 2.75) is 0 Å². The molecule has 0 unspecified atom stereocenters. The third-order valence-electron chi connectivity index (χ3n) is 2.46. The molecule has 0 heterocycles. The maximum atomic E-state index is 10.3. The molecule has 5 nitrogen and oxygen atoms in total. The maximum Gasteiger partial charge on any atom is 0.404 e. The van der Waals surface area contributed by atoms with E-state index in [4.69, 9.17) is 14.6 Å². The van der Waals surface area contributed by atoms with Crippen LogP contribution in [0.25, 0.3) is 0 Å². The Bertz CT molecular complexity index is 557. The fraction of sp³-hybridized carbons (Fsp3) is 0.133. The quantitative estimate of drug-likeness (QED) is 0.793. The Morgan fingerprint density at radius 2 is 1.65 bits per heavy atom. The molecule has 0 aliphatic carbocycles. The van der Waals surface area contributed by atoms with Crippen molar-refractivity contribution in [2.24, 2.45) is 0 Å². The average molecular weight is 273 g/mol. The van der Waals surface area contributed by atoms with Crippen LogP contribution in [0, 0.1) is 0 Å². The Labute approximate surface area is 116 Å². The molecule has 0 bridgehead atoms. The topological polar surface area (TPSA) is 67.8 Å². The summed E-state index contributed by atoms with van der Waals surface area (Å²) >= 11 is 0. The maximum absolute atomic E-state index is 10.3. The van der Waals surface area contributed by atoms with Crippen LogP contribution in [0.1, 0.15) is 0 Å². The minimum absolute atomic E-state index is 0.217. The molecule has 0 spiro atoms. The van der Waals surface area contributed by atoms with Crippen molar-refractivity contribution < 1.29 is 19.4 Å². The molecule has 2 N–H and O–H groups in total. The predicted octanol–water partition coefficient (Wildman–Crippen LogP) is 3.13. The third kappa shape index (κ3) is 4.20.